The zero-order valence-corrected chi connectivity index (χ0v) is 10.9. The van der Waals surface area contributed by atoms with E-state index in [4.69, 9.17) is 4.74 Å². The van der Waals surface area contributed by atoms with Gasteiger partial charge in [0.05, 0.1) is 12.3 Å². The number of halogens is 1. The summed E-state index contributed by atoms with van der Waals surface area (Å²) in [5, 5.41) is 12.1. The van der Waals surface area contributed by atoms with E-state index in [0.717, 1.165) is 0 Å². The van der Waals surface area contributed by atoms with E-state index in [1.54, 1.807) is 11.9 Å². The van der Waals surface area contributed by atoms with Crippen LogP contribution in [0.1, 0.15) is 18.6 Å². The number of hydrogen-bond donors (Lipinski definition) is 2. The molecule has 0 aliphatic carbocycles. The summed E-state index contributed by atoms with van der Waals surface area (Å²) < 4.78 is 19.2. The highest BCUT2D eigenvalue weighted by molar-refractivity contribution is 6.02. The van der Waals surface area contributed by atoms with Crippen LogP contribution in [0.3, 0.4) is 0 Å². The van der Waals surface area contributed by atoms with E-state index in [1.807, 2.05) is 6.92 Å². The Hall–Kier alpha value is -1.66. The zero-order chi connectivity index (χ0) is 14.0. The Morgan fingerprint density at radius 1 is 1.53 bits per heavy atom. The lowest BCUT2D eigenvalue weighted by atomic mass is 10.1. The van der Waals surface area contributed by atoms with Crippen LogP contribution in [0.5, 0.6) is 0 Å². The minimum absolute atomic E-state index is 0.282. The number of aliphatic hydroxyl groups is 1. The fraction of sp³-hybridized carbons (Fsp3) is 0.462. The molecular weight excluding hydrogens is 251 g/mol. The summed E-state index contributed by atoms with van der Waals surface area (Å²) in [6.45, 7) is 3.55. The molecule has 1 amide bonds. The standard InChI is InChI=1S/C13H17FN2O3/c1-3-19-5-4-16(2)11-7-10-8(6-9(11)14)12(17)13(18)15-10/h6-7,12,17H,3-5H2,1-2H3,(H,15,18). The van der Waals surface area contributed by atoms with Crippen molar-refractivity contribution < 1.29 is 19.0 Å². The van der Waals surface area contributed by atoms with Crippen LogP contribution in [-0.2, 0) is 9.53 Å². The molecule has 1 heterocycles. The maximum Gasteiger partial charge on any atom is 0.257 e. The van der Waals surface area contributed by atoms with Crippen molar-refractivity contribution >= 4 is 17.3 Å². The van der Waals surface area contributed by atoms with E-state index in [1.165, 1.54) is 12.1 Å². The molecule has 0 saturated heterocycles. The summed E-state index contributed by atoms with van der Waals surface area (Å²) in [6.07, 6.45) is -1.28. The van der Waals surface area contributed by atoms with Crippen LogP contribution in [0.4, 0.5) is 15.8 Å². The Kier molecular flexibility index (Phi) is 4.01. The van der Waals surface area contributed by atoms with Gasteiger partial charge in [-0.25, -0.2) is 4.39 Å². The van der Waals surface area contributed by atoms with Gasteiger partial charge in [-0.3, -0.25) is 4.79 Å². The predicted octanol–water partition coefficient (Wildman–Crippen LogP) is 1.28. The number of nitrogens with one attached hydrogen (secondary N) is 1. The van der Waals surface area contributed by atoms with Crippen LogP contribution in [0, 0.1) is 5.82 Å². The second-order valence-corrected chi connectivity index (χ2v) is 4.40. The zero-order valence-electron chi connectivity index (χ0n) is 10.9. The maximum atomic E-state index is 14.0. The third kappa shape index (κ3) is 2.69. The first-order valence-corrected chi connectivity index (χ1v) is 6.15. The highest BCUT2D eigenvalue weighted by Gasteiger charge is 2.30. The van der Waals surface area contributed by atoms with Gasteiger partial charge < -0.3 is 20.1 Å². The highest BCUT2D eigenvalue weighted by Crippen LogP contribution is 2.35. The van der Waals surface area contributed by atoms with Gasteiger partial charge in [-0.15, -0.1) is 0 Å². The summed E-state index contributed by atoms with van der Waals surface area (Å²) >= 11 is 0. The molecule has 0 fully saturated rings. The van der Waals surface area contributed by atoms with Crippen LogP contribution < -0.4 is 10.2 Å². The summed E-state index contributed by atoms with van der Waals surface area (Å²) in [5.74, 6) is -0.989. The Bertz CT molecular complexity index is 493. The Morgan fingerprint density at radius 3 is 2.95 bits per heavy atom. The number of carbonyl (C=O) groups excluding carboxylic acids is 1. The number of rotatable bonds is 5. The number of carbonyl (C=O) groups is 1. The van der Waals surface area contributed by atoms with E-state index in [9.17, 15) is 14.3 Å². The summed E-state index contributed by atoms with van der Waals surface area (Å²) in [7, 11) is 1.75. The van der Waals surface area contributed by atoms with Crippen molar-refractivity contribution in [3.05, 3.63) is 23.5 Å². The molecular formula is C13H17FN2O3. The molecule has 104 valence electrons. The van der Waals surface area contributed by atoms with Crippen molar-refractivity contribution in [2.75, 3.05) is 37.0 Å². The van der Waals surface area contributed by atoms with Gasteiger partial charge in [0.15, 0.2) is 6.10 Å². The normalized spacial score (nSPS) is 17.3. The summed E-state index contributed by atoms with van der Waals surface area (Å²) in [4.78, 5) is 13.0. The highest BCUT2D eigenvalue weighted by atomic mass is 19.1. The van der Waals surface area contributed by atoms with Crippen LogP contribution in [0.15, 0.2) is 12.1 Å². The average Bonchev–Trinajstić information content (AvgIpc) is 2.65. The first kappa shape index (κ1) is 13.8. The minimum Gasteiger partial charge on any atom is -0.380 e. The third-order valence-electron chi connectivity index (χ3n) is 3.11. The number of amides is 1. The molecule has 1 unspecified atom stereocenters. The number of ether oxygens (including phenoxy) is 1. The average molecular weight is 268 g/mol. The van der Waals surface area contributed by atoms with E-state index in [-0.39, 0.29) is 5.56 Å². The Morgan fingerprint density at radius 2 is 2.26 bits per heavy atom. The van der Waals surface area contributed by atoms with Crippen molar-refractivity contribution in [1.29, 1.82) is 0 Å². The van der Waals surface area contributed by atoms with Gasteiger partial charge in [-0.2, -0.15) is 0 Å². The van der Waals surface area contributed by atoms with Crippen LogP contribution in [-0.4, -0.2) is 37.8 Å². The van der Waals surface area contributed by atoms with Gasteiger partial charge in [0.1, 0.15) is 5.82 Å². The second kappa shape index (κ2) is 5.54. The molecule has 0 aromatic heterocycles. The quantitative estimate of drug-likeness (QED) is 0.790. The topological polar surface area (TPSA) is 61.8 Å². The predicted molar refractivity (Wildman–Crippen MR) is 69.8 cm³/mol. The number of hydrogen-bond acceptors (Lipinski definition) is 4. The van der Waals surface area contributed by atoms with Crippen molar-refractivity contribution in [3.8, 4) is 0 Å². The fourth-order valence-electron chi connectivity index (χ4n) is 2.01. The van der Waals surface area contributed by atoms with E-state index in [2.05, 4.69) is 5.32 Å². The molecule has 1 aromatic carbocycles. The molecule has 5 nitrogen and oxygen atoms in total. The molecule has 1 aliphatic rings. The van der Waals surface area contributed by atoms with E-state index < -0.39 is 17.8 Å². The number of anilines is 2. The molecule has 6 heteroatoms. The van der Waals surface area contributed by atoms with Gasteiger partial charge >= 0.3 is 0 Å². The van der Waals surface area contributed by atoms with Crippen LogP contribution in [0.25, 0.3) is 0 Å². The van der Waals surface area contributed by atoms with Crippen molar-refractivity contribution in [1.82, 2.24) is 0 Å². The lowest BCUT2D eigenvalue weighted by molar-refractivity contribution is -0.123. The SMILES string of the molecule is CCOCCN(C)c1cc2c(cc1F)C(O)C(=O)N2. The monoisotopic (exact) mass is 268 g/mol. The lowest BCUT2D eigenvalue weighted by Gasteiger charge is -2.20. The Labute approximate surface area is 111 Å². The number of fused-ring (bicyclic) bond motifs is 1. The maximum absolute atomic E-state index is 14.0. The van der Waals surface area contributed by atoms with Crippen LogP contribution in [0.2, 0.25) is 0 Å². The molecule has 19 heavy (non-hydrogen) atoms. The summed E-state index contributed by atoms with van der Waals surface area (Å²) in [5.41, 5.74) is 1.11. The van der Waals surface area contributed by atoms with Gasteiger partial charge in [-0.05, 0) is 19.1 Å². The molecule has 0 saturated carbocycles. The van der Waals surface area contributed by atoms with Gasteiger partial charge in [-0.1, -0.05) is 0 Å². The number of benzene rings is 1. The minimum atomic E-state index is -1.28. The fourth-order valence-corrected chi connectivity index (χ4v) is 2.01. The third-order valence-corrected chi connectivity index (χ3v) is 3.11. The lowest BCUT2D eigenvalue weighted by Crippen LogP contribution is -2.23. The van der Waals surface area contributed by atoms with E-state index in [0.29, 0.717) is 31.1 Å². The van der Waals surface area contributed by atoms with Gasteiger partial charge in [0.2, 0.25) is 0 Å². The number of aliphatic hydroxyl groups excluding tert-OH is 1. The molecule has 2 rings (SSSR count). The molecule has 1 atom stereocenters. The molecule has 1 aromatic rings. The molecule has 0 bridgehead atoms. The molecule has 2 N–H and O–H groups in total. The van der Waals surface area contributed by atoms with Gasteiger partial charge in [0.25, 0.3) is 5.91 Å². The largest absolute Gasteiger partial charge is 0.380 e. The second-order valence-electron chi connectivity index (χ2n) is 4.40. The van der Waals surface area contributed by atoms with Gasteiger partial charge in [0, 0.05) is 31.5 Å². The smallest absolute Gasteiger partial charge is 0.257 e. The molecule has 1 aliphatic heterocycles. The Balaban J connectivity index is 2.19. The van der Waals surface area contributed by atoms with Crippen LogP contribution >= 0.6 is 0 Å². The van der Waals surface area contributed by atoms with E-state index >= 15 is 0 Å². The van der Waals surface area contributed by atoms with Crippen molar-refractivity contribution in [2.45, 2.75) is 13.0 Å². The first-order chi connectivity index (χ1) is 9.04. The van der Waals surface area contributed by atoms with Crippen molar-refractivity contribution in [3.63, 3.8) is 0 Å². The number of nitrogens with zero attached hydrogens (tertiary/aromatic N) is 1. The number of likely N-dealkylation sites (N-methyl/N-ethyl adjacent to an activating group) is 1. The first-order valence-electron chi connectivity index (χ1n) is 6.15. The molecule has 0 spiro atoms. The van der Waals surface area contributed by atoms with Crippen molar-refractivity contribution in [2.24, 2.45) is 0 Å². The summed E-state index contributed by atoms with van der Waals surface area (Å²) in [6, 6.07) is 2.73. The molecule has 0 radical (unpaired) electrons.